The zero-order valence-electron chi connectivity index (χ0n) is 83.8. The monoisotopic (exact) mass is 1650 g/mol. The third-order valence-electron chi connectivity index (χ3n) is 29.7. The molecule has 0 spiro atoms. The quantitative estimate of drug-likeness (QED) is 0.0533. The molecule has 0 saturated heterocycles. The summed E-state index contributed by atoms with van der Waals surface area (Å²) in [7, 11) is 0. The van der Waals surface area contributed by atoms with E-state index < -0.39 is 0 Å². The molecule has 118 heavy (non-hydrogen) atoms. The highest BCUT2D eigenvalue weighted by Crippen LogP contribution is 2.42. The van der Waals surface area contributed by atoms with Crippen molar-refractivity contribution >= 4 is 0 Å². The average molecular weight is 1660 g/mol. The molecule has 0 heterocycles. The molecule has 0 N–H and O–H groups in total. The van der Waals surface area contributed by atoms with Crippen LogP contribution in [0.15, 0.2) is 0 Å². The van der Waals surface area contributed by atoms with Crippen LogP contribution in [0.25, 0.3) is 0 Å². The van der Waals surface area contributed by atoms with Gasteiger partial charge >= 0.3 is 0 Å². The molecule has 0 radical (unpaired) electrons. The van der Waals surface area contributed by atoms with Crippen LogP contribution in [0.1, 0.15) is 746 Å². The van der Waals surface area contributed by atoms with Gasteiger partial charge in [-0.05, 0) is 18.3 Å². The summed E-state index contributed by atoms with van der Waals surface area (Å²) in [5.74, 6) is 2.17. The van der Waals surface area contributed by atoms with Crippen LogP contribution < -0.4 is 0 Å². The lowest BCUT2D eigenvalue weighted by Crippen LogP contribution is -1.85. The normalized spacial score (nSPS) is 13.6. The van der Waals surface area contributed by atoms with Crippen molar-refractivity contribution in [3.63, 3.8) is 0 Å². The van der Waals surface area contributed by atoms with Gasteiger partial charge in [0, 0.05) is 0 Å². The largest absolute Gasteiger partial charge is 0.0654 e. The van der Waals surface area contributed by atoms with Crippen LogP contribution in [-0.4, -0.2) is 0 Å². The maximum atomic E-state index is 2.43. The Kier molecular flexibility index (Phi) is 107. The summed E-state index contributed by atoms with van der Waals surface area (Å²) in [5.41, 5.74) is 0. The van der Waals surface area contributed by atoms with E-state index in [2.05, 4.69) is 13.8 Å². The standard InChI is InChI=1S/C118H236/c1-3-4-5-6-7-8-9-10-11-12-13-14-15-16-17-18-19-20-21-22-23-24-25-26-27-28-29-30-31-32-33-34-35-36-37-38-39-40-41-42-43-44-45-46-47-48-49-50-51-52-53-54-55-56-57-58-59-60-61-62-63-64-65-66-67-68-69-70-71-72-73-74-75-76-77-78-79-80-81-82-83-84-85-86-87-88-89-90-91-92-93-94-95-96-97-98-99-100-101-102-103-104-105-106-107-108-109-110-111-112-113-114-115-118-116-117(118)2/h117-118H,3-116H2,1-2H3. The molecule has 1 aliphatic carbocycles. The van der Waals surface area contributed by atoms with Crippen molar-refractivity contribution in [2.24, 2.45) is 11.8 Å². The predicted molar refractivity (Wildman–Crippen MR) is 545 cm³/mol. The predicted octanol–water partition coefficient (Wildman–Crippen LogP) is 45.7. The van der Waals surface area contributed by atoms with Crippen molar-refractivity contribution in [1.29, 1.82) is 0 Å². The molecule has 0 aliphatic heterocycles. The average Bonchev–Trinajstić information content (AvgIpc) is 1.73. The van der Waals surface area contributed by atoms with Gasteiger partial charge < -0.3 is 0 Å². The Hall–Kier alpha value is 0. The minimum Gasteiger partial charge on any atom is -0.0654 e. The molecule has 2 atom stereocenters. The van der Waals surface area contributed by atoms with Gasteiger partial charge in [-0.2, -0.15) is 0 Å². The Bertz CT molecular complexity index is 1600. The van der Waals surface area contributed by atoms with Gasteiger partial charge in [0.1, 0.15) is 0 Å². The Morgan fingerprint density at radius 2 is 0.161 bits per heavy atom. The summed E-state index contributed by atoms with van der Waals surface area (Å²) in [6.45, 7) is 4.75. The van der Waals surface area contributed by atoms with Gasteiger partial charge in [-0.3, -0.25) is 0 Å². The van der Waals surface area contributed by atoms with Gasteiger partial charge in [0.15, 0.2) is 0 Å². The zero-order chi connectivity index (χ0) is 83.8. The van der Waals surface area contributed by atoms with E-state index in [1.807, 2.05) is 0 Å². The fraction of sp³-hybridized carbons (Fsp3) is 1.00. The molecule has 0 aromatic heterocycles. The number of rotatable bonds is 113. The summed E-state index contributed by atoms with van der Waals surface area (Å²) in [6, 6.07) is 0. The van der Waals surface area contributed by atoms with Crippen molar-refractivity contribution in [3.8, 4) is 0 Å². The minimum atomic E-state index is 1.06. The highest BCUT2D eigenvalue weighted by atomic mass is 14.4. The summed E-state index contributed by atoms with van der Waals surface area (Å²) in [6.07, 6.45) is 171. The molecule has 0 aromatic rings. The molecule has 1 saturated carbocycles. The molecule has 0 bridgehead atoms. The van der Waals surface area contributed by atoms with Gasteiger partial charge in [0.05, 0.1) is 0 Å². The van der Waals surface area contributed by atoms with Gasteiger partial charge in [-0.15, -0.1) is 0 Å². The molecule has 1 fully saturated rings. The molecule has 0 amide bonds. The van der Waals surface area contributed by atoms with Gasteiger partial charge in [0.25, 0.3) is 0 Å². The van der Waals surface area contributed by atoms with E-state index in [4.69, 9.17) is 0 Å². The fourth-order valence-corrected chi connectivity index (χ4v) is 20.7. The lowest BCUT2D eigenvalue weighted by atomic mass is 10.0. The number of unbranched alkanes of at least 4 members (excludes halogenated alkanes) is 111. The van der Waals surface area contributed by atoms with Gasteiger partial charge in [-0.1, -0.05) is 739 Å². The molecule has 1 aliphatic rings. The molecule has 1 rings (SSSR count). The Morgan fingerprint density at radius 1 is 0.102 bits per heavy atom. The fourth-order valence-electron chi connectivity index (χ4n) is 20.7. The van der Waals surface area contributed by atoms with E-state index in [0.717, 1.165) is 11.8 Å². The molecule has 0 heteroatoms. The van der Waals surface area contributed by atoms with Crippen molar-refractivity contribution in [2.45, 2.75) is 746 Å². The van der Waals surface area contributed by atoms with Crippen LogP contribution in [0, 0.1) is 11.8 Å². The molecule has 708 valence electrons. The van der Waals surface area contributed by atoms with Gasteiger partial charge in [0.2, 0.25) is 0 Å². The van der Waals surface area contributed by atoms with Gasteiger partial charge in [-0.25, -0.2) is 0 Å². The van der Waals surface area contributed by atoms with E-state index in [1.165, 1.54) is 732 Å². The number of hydrogen-bond acceptors (Lipinski definition) is 0. The van der Waals surface area contributed by atoms with E-state index in [-0.39, 0.29) is 0 Å². The molecule has 0 nitrogen and oxygen atoms in total. The van der Waals surface area contributed by atoms with E-state index >= 15 is 0 Å². The first kappa shape index (κ1) is 116. The molecule has 0 aromatic carbocycles. The summed E-state index contributed by atoms with van der Waals surface area (Å²) in [5, 5.41) is 0. The van der Waals surface area contributed by atoms with Crippen LogP contribution >= 0.6 is 0 Å². The SMILES string of the molecule is CCCCCCCCCCCCCCCCCCCCCCCCCCCCCCCCCCCCCCCCCCCCCCCCCCCCCCCCCCCCCCCCCCCCCCCCCCCCCCCCCCCCCCCCCCCCCCCCCCCCCCCCCCCCCCCCCCC1CC1C. The maximum Gasteiger partial charge on any atom is -0.0386 e. The topological polar surface area (TPSA) is 0 Å². The summed E-state index contributed by atoms with van der Waals surface area (Å²) in [4.78, 5) is 0. The van der Waals surface area contributed by atoms with Crippen LogP contribution in [0.4, 0.5) is 0 Å². The molecule has 2 unspecified atom stereocenters. The maximum absolute atomic E-state index is 2.43. The highest BCUT2D eigenvalue weighted by molar-refractivity contribution is 4.82. The minimum absolute atomic E-state index is 1.06. The van der Waals surface area contributed by atoms with E-state index in [0.29, 0.717) is 0 Å². The van der Waals surface area contributed by atoms with Crippen molar-refractivity contribution < 1.29 is 0 Å². The van der Waals surface area contributed by atoms with Crippen LogP contribution in [-0.2, 0) is 0 Å². The first-order valence-corrected chi connectivity index (χ1v) is 58.8. The third-order valence-corrected chi connectivity index (χ3v) is 29.7. The zero-order valence-corrected chi connectivity index (χ0v) is 83.8. The number of hydrogen-bond donors (Lipinski definition) is 0. The van der Waals surface area contributed by atoms with Crippen molar-refractivity contribution in [3.05, 3.63) is 0 Å². The Morgan fingerprint density at radius 3 is 0.220 bits per heavy atom. The van der Waals surface area contributed by atoms with E-state index in [9.17, 15) is 0 Å². The second-order valence-corrected chi connectivity index (χ2v) is 42.0. The third kappa shape index (κ3) is 107. The van der Waals surface area contributed by atoms with Crippen molar-refractivity contribution in [1.82, 2.24) is 0 Å². The Balaban J connectivity index is 1.57. The second kappa shape index (κ2) is 109. The van der Waals surface area contributed by atoms with Crippen LogP contribution in [0.2, 0.25) is 0 Å². The van der Waals surface area contributed by atoms with Crippen LogP contribution in [0.3, 0.4) is 0 Å². The van der Waals surface area contributed by atoms with Crippen molar-refractivity contribution in [2.75, 3.05) is 0 Å². The second-order valence-electron chi connectivity index (χ2n) is 42.0. The lowest BCUT2D eigenvalue weighted by molar-refractivity contribution is 0.505. The molecular weight excluding hydrogens is 1420 g/mol. The Labute approximate surface area is 752 Å². The first-order chi connectivity index (χ1) is 58.8. The smallest absolute Gasteiger partial charge is 0.0386 e. The summed E-state index contributed by atoms with van der Waals surface area (Å²) < 4.78 is 0. The van der Waals surface area contributed by atoms with E-state index in [1.54, 1.807) is 0 Å². The first-order valence-electron chi connectivity index (χ1n) is 58.8. The highest BCUT2D eigenvalue weighted by Gasteiger charge is 2.31. The summed E-state index contributed by atoms with van der Waals surface area (Å²) >= 11 is 0. The van der Waals surface area contributed by atoms with Crippen LogP contribution in [0.5, 0.6) is 0 Å². The molecular formula is C118H236. The lowest BCUT2D eigenvalue weighted by Gasteiger charge is -2.05.